The maximum Gasteiger partial charge on any atom is 0.244 e. The molecule has 2 aromatic heterocycles. The van der Waals surface area contributed by atoms with Crippen LogP contribution in [0.15, 0.2) is 47.9 Å². The molecule has 8 nitrogen and oxygen atoms in total. The quantitative estimate of drug-likeness (QED) is 0.363. The molecule has 2 heterocycles. The largest absolute Gasteiger partial charge is 0.493 e. The summed E-state index contributed by atoms with van der Waals surface area (Å²) in [7, 11) is 4.60. The maximum absolute atomic E-state index is 14.1. The van der Waals surface area contributed by atoms with Crippen LogP contribution in [0.2, 0.25) is 0 Å². The first-order valence-electron chi connectivity index (χ1n) is 10.4. The van der Waals surface area contributed by atoms with Gasteiger partial charge in [0, 0.05) is 24.4 Å². The first-order chi connectivity index (χ1) is 16.5. The van der Waals surface area contributed by atoms with Crippen LogP contribution in [0.4, 0.5) is 4.39 Å². The summed E-state index contributed by atoms with van der Waals surface area (Å²) in [5, 5.41) is 9.22. The fourth-order valence-electron chi connectivity index (χ4n) is 3.40. The molecule has 2 aromatic carbocycles. The summed E-state index contributed by atoms with van der Waals surface area (Å²) in [6.07, 6.45) is 3.65. The molecule has 0 aliphatic heterocycles. The van der Waals surface area contributed by atoms with Gasteiger partial charge in [0.2, 0.25) is 16.6 Å². The molecule has 0 radical (unpaired) electrons. The number of amides is 1. The van der Waals surface area contributed by atoms with E-state index in [1.165, 1.54) is 44.8 Å². The first kappa shape index (κ1) is 23.2. The van der Waals surface area contributed by atoms with Crippen LogP contribution in [0.5, 0.6) is 17.2 Å². The van der Waals surface area contributed by atoms with Crippen molar-refractivity contribution < 1.29 is 23.4 Å². The highest BCUT2D eigenvalue weighted by Gasteiger charge is 2.15. The molecule has 1 N–H and O–H groups in total. The monoisotopic (exact) mass is 482 g/mol. The van der Waals surface area contributed by atoms with Crippen molar-refractivity contribution in [3.05, 3.63) is 64.9 Å². The molecule has 0 saturated heterocycles. The lowest BCUT2D eigenvalue weighted by Gasteiger charge is -2.12. The van der Waals surface area contributed by atoms with Crippen molar-refractivity contribution in [2.24, 2.45) is 0 Å². The summed E-state index contributed by atoms with van der Waals surface area (Å²) in [5.74, 6) is 1.22. The van der Waals surface area contributed by atoms with Crippen molar-refractivity contribution in [3.8, 4) is 28.6 Å². The van der Waals surface area contributed by atoms with E-state index >= 15 is 0 Å². The van der Waals surface area contributed by atoms with E-state index < -0.39 is 0 Å². The van der Waals surface area contributed by atoms with Crippen LogP contribution < -0.4 is 19.5 Å². The van der Waals surface area contributed by atoms with Gasteiger partial charge in [-0.15, -0.1) is 16.4 Å². The molecule has 0 unspecified atom stereocenters. The summed E-state index contributed by atoms with van der Waals surface area (Å²) < 4.78 is 31.7. The van der Waals surface area contributed by atoms with Gasteiger partial charge in [0.25, 0.3) is 0 Å². The maximum atomic E-state index is 14.1. The lowest BCUT2D eigenvalue weighted by molar-refractivity contribution is -0.116. The van der Waals surface area contributed by atoms with Crippen LogP contribution in [0.3, 0.4) is 0 Å². The molecule has 10 heteroatoms. The topological polar surface area (TPSA) is 87.0 Å². The Hall–Kier alpha value is -3.92. The average molecular weight is 483 g/mol. The van der Waals surface area contributed by atoms with Gasteiger partial charge in [-0.2, -0.15) is 4.98 Å². The van der Waals surface area contributed by atoms with Gasteiger partial charge < -0.3 is 19.5 Å². The van der Waals surface area contributed by atoms with Crippen molar-refractivity contribution >= 4 is 28.3 Å². The Kier molecular flexibility index (Phi) is 7.07. The SMILES string of the molecule is COc1cc(C=CC(=O)NCCc2csc3nc(-c4ccccc4F)nn23)cc(OC)c1OC. The average Bonchev–Trinajstić information content (AvgIpc) is 3.43. The molecule has 0 fully saturated rings. The number of halogens is 1. The third-order valence-electron chi connectivity index (χ3n) is 5.06. The highest BCUT2D eigenvalue weighted by molar-refractivity contribution is 7.15. The number of rotatable bonds is 9. The zero-order chi connectivity index (χ0) is 24.1. The van der Waals surface area contributed by atoms with E-state index in [0.29, 0.717) is 46.6 Å². The molecule has 1 amide bonds. The Bertz CT molecular complexity index is 1320. The zero-order valence-electron chi connectivity index (χ0n) is 18.9. The van der Waals surface area contributed by atoms with E-state index in [-0.39, 0.29) is 11.7 Å². The smallest absolute Gasteiger partial charge is 0.244 e. The standard InChI is InChI=1S/C24H23FN4O4S/c1-31-19-12-15(13-20(32-2)22(19)33-3)8-9-21(30)26-11-10-16-14-34-24-27-23(28-29(16)24)17-6-4-5-7-18(17)25/h4-9,12-14H,10-11H2,1-3H3,(H,26,30). The Labute approximate surface area is 199 Å². The number of benzene rings is 2. The van der Waals surface area contributed by atoms with E-state index in [9.17, 15) is 9.18 Å². The Balaban J connectivity index is 1.39. The van der Waals surface area contributed by atoms with Crippen LogP contribution >= 0.6 is 11.3 Å². The number of hydrogen-bond donors (Lipinski definition) is 1. The van der Waals surface area contributed by atoms with Crippen LogP contribution in [-0.4, -0.2) is 48.4 Å². The molecule has 0 saturated carbocycles. The van der Waals surface area contributed by atoms with Crippen molar-refractivity contribution in [1.82, 2.24) is 19.9 Å². The number of thiazole rings is 1. The number of carbonyl (C=O) groups excluding carboxylic acids is 1. The summed E-state index contributed by atoms with van der Waals surface area (Å²) in [6.45, 7) is 0.402. The molecule has 0 spiro atoms. The first-order valence-corrected chi connectivity index (χ1v) is 11.3. The predicted molar refractivity (Wildman–Crippen MR) is 128 cm³/mol. The third-order valence-corrected chi connectivity index (χ3v) is 5.92. The van der Waals surface area contributed by atoms with Gasteiger partial charge in [-0.05, 0) is 35.9 Å². The van der Waals surface area contributed by atoms with E-state index in [0.717, 1.165) is 11.3 Å². The number of nitrogens with one attached hydrogen (secondary N) is 1. The molecule has 34 heavy (non-hydrogen) atoms. The van der Waals surface area contributed by atoms with Gasteiger partial charge >= 0.3 is 0 Å². The van der Waals surface area contributed by atoms with Gasteiger partial charge in [0.05, 0.1) is 32.6 Å². The predicted octanol–water partition coefficient (Wildman–Crippen LogP) is 3.99. The van der Waals surface area contributed by atoms with Gasteiger partial charge in [0.1, 0.15) is 5.82 Å². The minimum Gasteiger partial charge on any atom is -0.493 e. The highest BCUT2D eigenvalue weighted by Crippen LogP contribution is 2.38. The van der Waals surface area contributed by atoms with Crippen LogP contribution in [0.1, 0.15) is 11.3 Å². The second-order valence-electron chi connectivity index (χ2n) is 7.17. The van der Waals surface area contributed by atoms with E-state index in [1.54, 1.807) is 40.9 Å². The molecule has 0 atom stereocenters. The molecular formula is C24H23FN4O4S. The van der Waals surface area contributed by atoms with Gasteiger partial charge in [-0.25, -0.2) is 8.91 Å². The molecule has 4 rings (SSSR count). The molecule has 0 bridgehead atoms. The number of ether oxygens (including phenoxy) is 3. The lowest BCUT2D eigenvalue weighted by atomic mass is 10.1. The minimum atomic E-state index is -0.367. The third kappa shape index (κ3) is 4.86. The molecule has 176 valence electrons. The molecule has 0 aliphatic rings. The molecular weight excluding hydrogens is 459 g/mol. The number of hydrogen-bond acceptors (Lipinski definition) is 7. The van der Waals surface area contributed by atoms with E-state index in [4.69, 9.17) is 14.2 Å². The van der Waals surface area contributed by atoms with Crippen LogP contribution in [0.25, 0.3) is 22.4 Å². The van der Waals surface area contributed by atoms with Crippen molar-refractivity contribution in [1.29, 1.82) is 0 Å². The fourth-order valence-corrected chi connectivity index (χ4v) is 4.25. The fraction of sp³-hybridized carbons (Fsp3) is 0.208. The van der Waals surface area contributed by atoms with Crippen molar-refractivity contribution in [2.75, 3.05) is 27.9 Å². The Morgan fingerprint density at radius 1 is 1.15 bits per heavy atom. The summed E-state index contributed by atoms with van der Waals surface area (Å²) in [4.78, 5) is 17.4. The number of methoxy groups -OCH3 is 3. The second kappa shape index (κ2) is 10.3. The lowest BCUT2D eigenvalue weighted by Crippen LogP contribution is -2.23. The van der Waals surface area contributed by atoms with Gasteiger partial charge in [0.15, 0.2) is 17.3 Å². The number of carbonyl (C=O) groups is 1. The summed E-state index contributed by atoms with van der Waals surface area (Å²) in [6, 6.07) is 9.91. The summed E-state index contributed by atoms with van der Waals surface area (Å²) in [5.41, 5.74) is 1.96. The second-order valence-corrected chi connectivity index (χ2v) is 8.01. The number of nitrogens with zero attached hydrogens (tertiary/aromatic N) is 3. The molecule has 0 aliphatic carbocycles. The van der Waals surface area contributed by atoms with E-state index in [2.05, 4.69) is 15.4 Å². The summed E-state index contributed by atoms with van der Waals surface area (Å²) >= 11 is 1.42. The van der Waals surface area contributed by atoms with Crippen molar-refractivity contribution in [2.45, 2.75) is 6.42 Å². The van der Waals surface area contributed by atoms with Gasteiger partial charge in [-0.3, -0.25) is 4.79 Å². The Morgan fingerprint density at radius 3 is 2.56 bits per heavy atom. The zero-order valence-corrected chi connectivity index (χ0v) is 19.7. The van der Waals surface area contributed by atoms with Crippen molar-refractivity contribution in [3.63, 3.8) is 0 Å². The Morgan fingerprint density at radius 2 is 1.88 bits per heavy atom. The van der Waals surface area contributed by atoms with E-state index in [1.807, 2.05) is 5.38 Å². The number of fused-ring (bicyclic) bond motifs is 1. The van der Waals surface area contributed by atoms with Crippen LogP contribution in [-0.2, 0) is 11.2 Å². The number of aromatic nitrogens is 3. The van der Waals surface area contributed by atoms with Crippen LogP contribution in [0, 0.1) is 5.82 Å². The van der Waals surface area contributed by atoms with Gasteiger partial charge in [-0.1, -0.05) is 12.1 Å². The highest BCUT2D eigenvalue weighted by atomic mass is 32.1. The minimum absolute atomic E-state index is 0.245. The molecule has 4 aromatic rings. The normalized spacial score (nSPS) is 11.2.